The Labute approximate surface area is 148 Å². The van der Waals surface area contributed by atoms with Crippen LogP contribution in [0.4, 0.5) is 5.69 Å². The number of rotatable bonds is 4. The van der Waals surface area contributed by atoms with E-state index in [0.29, 0.717) is 23.0 Å². The van der Waals surface area contributed by atoms with Crippen LogP contribution < -0.4 is 14.8 Å². The molecule has 0 bridgehead atoms. The van der Waals surface area contributed by atoms with Gasteiger partial charge in [0, 0.05) is 29.7 Å². The fourth-order valence-corrected chi connectivity index (χ4v) is 3.10. The fourth-order valence-electron chi connectivity index (χ4n) is 3.10. The molecular formula is C19H15N3O4. The van der Waals surface area contributed by atoms with Crippen molar-refractivity contribution in [2.45, 2.75) is 18.3 Å². The highest BCUT2D eigenvalue weighted by Crippen LogP contribution is 2.49. The summed E-state index contributed by atoms with van der Waals surface area (Å²) in [5.74, 6) is 1.91. The maximum Gasteiger partial charge on any atom is 0.236 e. The van der Waals surface area contributed by atoms with E-state index < -0.39 is 5.41 Å². The number of pyridine rings is 1. The van der Waals surface area contributed by atoms with Crippen molar-refractivity contribution in [3.63, 3.8) is 0 Å². The third-order valence-corrected chi connectivity index (χ3v) is 4.78. The number of nitrogens with zero attached hydrogens (tertiary/aromatic N) is 2. The minimum atomic E-state index is -0.624. The van der Waals surface area contributed by atoms with Gasteiger partial charge in [-0.1, -0.05) is 5.16 Å². The standard InChI is InChI=1S/C19H15N3O4/c23-18(21-13-3-7-20-8-4-13)19(5-6-19)17-10-15(26-22-17)12-1-2-14-16(9-12)25-11-24-14/h1-4,7-10H,5-6,11H2,(H,20,21,23). The molecule has 2 aliphatic rings. The van der Waals surface area contributed by atoms with Crippen molar-refractivity contribution in [3.8, 4) is 22.8 Å². The second-order valence-electron chi connectivity index (χ2n) is 6.42. The zero-order valence-electron chi connectivity index (χ0n) is 13.8. The van der Waals surface area contributed by atoms with Gasteiger partial charge in [0.1, 0.15) is 0 Å². The molecule has 130 valence electrons. The first kappa shape index (κ1) is 14.9. The van der Waals surface area contributed by atoms with Gasteiger partial charge in [0.05, 0.1) is 11.1 Å². The Kier molecular flexibility index (Phi) is 3.21. The molecular weight excluding hydrogens is 334 g/mol. The van der Waals surface area contributed by atoms with Crippen LogP contribution in [-0.4, -0.2) is 22.8 Å². The number of nitrogens with one attached hydrogen (secondary N) is 1. The maximum absolute atomic E-state index is 12.7. The second kappa shape index (κ2) is 5.59. The van der Waals surface area contributed by atoms with Gasteiger partial charge in [-0.05, 0) is 43.2 Å². The van der Waals surface area contributed by atoms with Gasteiger partial charge < -0.3 is 19.3 Å². The Morgan fingerprint density at radius 1 is 1.04 bits per heavy atom. The summed E-state index contributed by atoms with van der Waals surface area (Å²) in [6.45, 7) is 0.221. The van der Waals surface area contributed by atoms with Crippen LogP contribution in [-0.2, 0) is 10.2 Å². The van der Waals surface area contributed by atoms with E-state index in [1.54, 1.807) is 24.5 Å². The van der Waals surface area contributed by atoms with E-state index in [9.17, 15) is 4.79 Å². The largest absolute Gasteiger partial charge is 0.454 e. The minimum Gasteiger partial charge on any atom is -0.454 e. The number of aromatic nitrogens is 2. The zero-order chi connectivity index (χ0) is 17.6. The summed E-state index contributed by atoms with van der Waals surface area (Å²) in [4.78, 5) is 16.7. The molecule has 7 heteroatoms. The lowest BCUT2D eigenvalue weighted by atomic mass is 10.00. The third kappa shape index (κ3) is 2.40. The molecule has 0 saturated heterocycles. The van der Waals surface area contributed by atoms with Gasteiger partial charge in [-0.2, -0.15) is 0 Å². The average molecular weight is 349 g/mol. The van der Waals surface area contributed by atoms with Gasteiger partial charge in [0.15, 0.2) is 17.3 Å². The first-order valence-electron chi connectivity index (χ1n) is 8.33. The monoisotopic (exact) mass is 349 g/mol. The molecule has 0 unspecified atom stereocenters. The molecule has 1 amide bonds. The van der Waals surface area contributed by atoms with E-state index in [-0.39, 0.29) is 12.7 Å². The Bertz CT molecular complexity index is 979. The van der Waals surface area contributed by atoms with Crippen LogP contribution in [0.15, 0.2) is 53.3 Å². The van der Waals surface area contributed by atoms with E-state index in [1.165, 1.54) is 0 Å². The lowest BCUT2D eigenvalue weighted by Gasteiger charge is -2.12. The molecule has 0 atom stereocenters. The molecule has 1 aliphatic carbocycles. The summed E-state index contributed by atoms with van der Waals surface area (Å²) in [5, 5.41) is 7.09. The molecule has 3 heterocycles. The number of carbonyl (C=O) groups is 1. The number of benzene rings is 1. The summed E-state index contributed by atoms with van der Waals surface area (Å²) in [5.41, 5.74) is 1.58. The van der Waals surface area contributed by atoms with Crippen LogP contribution in [0.2, 0.25) is 0 Å². The summed E-state index contributed by atoms with van der Waals surface area (Å²) in [6, 6.07) is 10.9. The second-order valence-corrected chi connectivity index (χ2v) is 6.42. The summed E-state index contributed by atoms with van der Waals surface area (Å²) in [6.07, 6.45) is 4.78. The summed E-state index contributed by atoms with van der Waals surface area (Å²) < 4.78 is 16.2. The highest BCUT2D eigenvalue weighted by Gasteiger charge is 2.53. The highest BCUT2D eigenvalue weighted by molar-refractivity contribution is 6.01. The lowest BCUT2D eigenvalue weighted by molar-refractivity contribution is -0.118. The van der Waals surface area contributed by atoms with Gasteiger partial charge in [-0.25, -0.2) is 0 Å². The number of fused-ring (bicyclic) bond motifs is 1. The number of amides is 1. The Morgan fingerprint density at radius 3 is 2.65 bits per heavy atom. The molecule has 2 aromatic heterocycles. The molecule has 1 aromatic carbocycles. The Hall–Kier alpha value is -3.35. The molecule has 0 spiro atoms. The van der Waals surface area contributed by atoms with Crippen molar-refractivity contribution in [3.05, 3.63) is 54.5 Å². The van der Waals surface area contributed by atoms with Gasteiger partial charge in [-0.3, -0.25) is 9.78 Å². The van der Waals surface area contributed by atoms with Crippen LogP contribution in [0, 0.1) is 0 Å². The van der Waals surface area contributed by atoms with Crippen LogP contribution in [0.3, 0.4) is 0 Å². The number of ether oxygens (including phenoxy) is 2. The van der Waals surface area contributed by atoms with E-state index >= 15 is 0 Å². The zero-order valence-corrected chi connectivity index (χ0v) is 13.8. The molecule has 1 aliphatic heterocycles. The molecule has 26 heavy (non-hydrogen) atoms. The van der Waals surface area contributed by atoms with Crippen LogP contribution >= 0.6 is 0 Å². The first-order chi connectivity index (χ1) is 12.7. The van der Waals surface area contributed by atoms with Crippen molar-refractivity contribution >= 4 is 11.6 Å². The third-order valence-electron chi connectivity index (χ3n) is 4.78. The van der Waals surface area contributed by atoms with E-state index in [2.05, 4.69) is 15.5 Å². The summed E-state index contributed by atoms with van der Waals surface area (Å²) in [7, 11) is 0. The van der Waals surface area contributed by atoms with Crippen LogP contribution in [0.1, 0.15) is 18.5 Å². The van der Waals surface area contributed by atoms with Crippen LogP contribution in [0.25, 0.3) is 11.3 Å². The Balaban J connectivity index is 1.40. The predicted molar refractivity (Wildman–Crippen MR) is 91.8 cm³/mol. The number of anilines is 1. The summed E-state index contributed by atoms with van der Waals surface area (Å²) >= 11 is 0. The number of hydrogen-bond acceptors (Lipinski definition) is 6. The Morgan fingerprint density at radius 2 is 1.85 bits per heavy atom. The van der Waals surface area contributed by atoms with E-state index in [0.717, 1.165) is 24.1 Å². The van der Waals surface area contributed by atoms with Crippen molar-refractivity contribution in [2.24, 2.45) is 0 Å². The van der Waals surface area contributed by atoms with Crippen molar-refractivity contribution in [1.29, 1.82) is 0 Å². The SMILES string of the molecule is O=C(Nc1ccncc1)C1(c2cc(-c3ccc4c(c3)OCO4)on2)CC1. The molecule has 0 radical (unpaired) electrons. The predicted octanol–water partition coefficient (Wildman–Crippen LogP) is 3.14. The normalized spacial score (nSPS) is 16.3. The van der Waals surface area contributed by atoms with E-state index in [1.807, 2.05) is 24.3 Å². The molecule has 1 saturated carbocycles. The van der Waals surface area contributed by atoms with Gasteiger partial charge in [0.25, 0.3) is 0 Å². The highest BCUT2D eigenvalue weighted by atomic mass is 16.7. The van der Waals surface area contributed by atoms with Crippen molar-refractivity contribution < 1.29 is 18.8 Å². The number of hydrogen-bond donors (Lipinski definition) is 1. The lowest BCUT2D eigenvalue weighted by Crippen LogP contribution is -2.28. The minimum absolute atomic E-state index is 0.0748. The maximum atomic E-state index is 12.7. The van der Waals surface area contributed by atoms with Crippen molar-refractivity contribution in [1.82, 2.24) is 10.1 Å². The number of carbonyl (C=O) groups excluding carboxylic acids is 1. The molecule has 5 rings (SSSR count). The van der Waals surface area contributed by atoms with Gasteiger partial charge >= 0.3 is 0 Å². The molecule has 3 aromatic rings. The molecule has 1 fully saturated rings. The van der Waals surface area contributed by atoms with E-state index in [4.69, 9.17) is 14.0 Å². The van der Waals surface area contributed by atoms with Crippen LogP contribution in [0.5, 0.6) is 11.5 Å². The topological polar surface area (TPSA) is 86.5 Å². The fraction of sp³-hybridized carbons (Fsp3) is 0.211. The smallest absolute Gasteiger partial charge is 0.236 e. The van der Waals surface area contributed by atoms with Crippen molar-refractivity contribution in [2.75, 3.05) is 12.1 Å². The molecule has 7 nitrogen and oxygen atoms in total. The quantitative estimate of drug-likeness (QED) is 0.779. The average Bonchev–Trinajstić information content (AvgIpc) is 3.12. The first-order valence-corrected chi connectivity index (χ1v) is 8.33. The van der Waals surface area contributed by atoms with Gasteiger partial charge in [-0.15, -0.1) is 0 Å². The van der Waals surface area contributed by atoms with Gasteiger partial charge in [0.2, 0.25) is 12.7 Å². The molecule has 1 N–H and O–H groups in total.